The third kappa shape index (κ3) is 7.08. The molecular weight excluding hydrogens is 469 g/mol. The Hall–Kier alpha value is -1.06. The zero-order chi connectivity index (χ0) is 18.9. The van der Waals surface area contributed by atoms with E-state index >= 15 is 0 Å². The maximum atomic E-state index is 5.95. The summed E-state index contributed by atoms with van der Waals surface area (Å²) in [6.45, 7) is 9.77. The van der Waals surface area contributed by atoms with Gasteiger partial charge in [-0.1, -0.05) is 17.7 Å². The van der Waals surface area contributed by atoms with Gasteiger partial charge in [-0.2, -0.15) is 0 Å². The Morgan fingerprint density at radius 2 is 2.00 bits per heavy atom. The molecule has 0 aliphatic carbocycles. The molecule has 7 heteroatoms. The predicted octanol–water partition coefficient (Wildman–Crippen LogP) is 3.23. The lowest BCUT2D eigenvalue weighted by Crippen LogP contribution is -2.53. The summed E-state index contributed by atoms with van der Waals surface area (Å²) in [7, 11) is 0. The van der Waals surface area contributed by atoms with Crippen molar-refractivity contribution in [1.29, 1.82) is 0 Å². The fraction of sp³-hybridized carbons (Fsp3) is 0.667. The van der Waals surface area contributed by atoms with Crippen LogP contribution in [0.4, 0.5) is 0 Å². The number of hydrogen-bond donors (Lipinski definition) is 1. The third-order valence-corrected chi connectivity index (χ3v) is 4.96. The lowest BCUT2D eigenvalue weighted by Gasteiger charge is -2.37. The fourth-order valence-electron chi connectivity index (χ4n) is 3.49. The smallest absolute Gasteiger partial charge is 0.194 e. The number of nitrogens with zero attached hydrogens (tertiary/aromatic N) is 2. The number of guanidine groups is 1. The van der Waals surface area contributed by atoms with Gasteiger partial charge in [0.05, 0.1) is 19.3 Å². The predicted molar refractivity (Wildman–Crippen MR) is 123 cm³/mol. The first-order valence-corrected chi connectivity index (χ1v) is 10.2. The Kier molecular flexibility index (Phi) is 10.4. The van der Waals surface area contributed by atoms with E-state index < -0.39 is 0 Å². The first kappa shape index (κ1) is 23.2. The van der Waals surface area contributed by atoms with Crippen LogP contribution in [0.25, 0.3) is 0 Å². The number of halogens is 1. The van der Waals surface area contributed by atoms with E-state index in [-0.39, 0.29) is 36.2 Å². The van der Waals surface area contributed by atoms with Gasteiger partial charge in [0.25, 0.3) is 0 Å². The molecule has 2 heterocycles. The summed E-state index contributed by atoms with van der Waals surface area (Å²) in [5.41, 5.74) is 1.24. The molecule has 2 fully saturated rings. The van der Waals surface area contributed by atoms with Gasteiger partial charge in [-0.25, -0.2) is 0 Å². The summed E-state index contributed by atoms with van der Waals surface area (Å²) in [6.07, 6.45) is 3.51. The van der Waals surface area contributed by atoms with Crippen LogP contribution in [0.1, 0.15) is 31.7 Å². The average molecular weight is 503 g/mol. The van der Waals surface area contributed by atoms with E-state index in [2.05, 4.69) is 36.2 Å². The summed E-state index contributed by atoms with van der Waals surface area (Å²) in [6, 6.07) is 8.17. The van der Waals surface area contributed by atoms with Gasteiger partial charge < -0.3 is 24.4 Å². The fourth-order valence-corrected chi connectivity index (χ4v) is 3.49. The number of ether oxygens (including phenoxy) is 3. The second-order valence-corrected chi connectivity index (χ2v) is 7.16. The minimum atomic E-state index is 0. The summed E-state index contributed by atoms with van der Waals surface area (Å²) in [5, 5.41) is 3.42. The van der Waals surface area contributed by atoms with Crippen molar-refractivity contribution in [2.45, 2.75) is 45.3 Å². The van der Waals surface area contributed by atoms with E-state index in [1.54, 1.807) is 0 Å². The van der Waals surface area contributed by atoms with Gasteiger partial charge in [0.1, 0.15) is 11.9 Å². The van der Waals surface area contributed by atoms with E-state index in [9.17, 15) is 0 Å². The highest BCUT2D eigenvalue weighted by Gasteiger charge is 2.32. The van der Waals surface area contributed by atoms with Crippen molar-refractivity contribution >= 4 is 29.9 Å². The van der Waals surface area contributed by atoms with Crippen LogP contribution in [0, 0.1) is 6.92 Å². The summed E-state index contributed by atoms with van der Waals surface area (Å²) >= 11 is 0. The maximum Gasteiger partial charge on any atom is 0.194 e. The molecular formula is C21H34IN3O3. The molecule has 0 saturated carbocycles. The molecule has 0 spiro atoms. The van der Waals surface area contributed by atoms with Gasteiger partial charge in [0.2, 0.25) is 0 Å². The molecule has 1 N–H and O–H groups in total. The van der Waals surface area contributed by atoms with Crippen LogP contribution in [0.15, 0.2) is 29.3 Å². The second-order valence-electron chi connectivity index (χ2n) is 7.16. The molecule has 0 aromatic heterocycles. The number of aryl methyl sites for hydroxylation is 1. The Balaban J connectivity index is 0.00000280. The van der Waals surface area contributed by atoms with Gasteiger partial charge >= 0.3 is 0 Å². The van der Waals surface area contributed by atoms with Gasteiger partial charge in [0.15, 0.2) is 5.96 Å². The van der Waals surface area contributed by atoms with E-state index in [4.69, 9.17) is 19.2 Å². The zero-order valence-corrected chi connectivity index (χ0v) is 19.4. The highest BCUT2D eigenvalue weighted by molar-refractivity contribution is 14.0. The normalized spacial score (nSPS) is 22.6. The highest BCUT2D eigenvalue weighted by Crippen LogP contribution is 2.21. The zero-order valence-electron chi connectivity index (χ0n) is 17.1. The third-order valence-electron chi connectivity index (χ3n) is 4.96. The Morgan fingerprint density at radius 1 is 1.21 bits per heavy atom. The van der Waals surface area contributed by atoms with E-state index in [0.29, 0.717) is 6.61 Å². The first-order valence-electron chi connectivity index (χ1n) is 10.2. The molecule has 0 amide bonds. The van der Waals surface area contributed by atoms with Crippen molar-refractivity contribution in [2.24, 2.45) is 4.99 Å². The molecule has 28 heavy (non-hydrogen) atoms. The van der Waals surface area contributed by atoms with E-state index in [1.807, 2.05) is 12.1 Å². The number of nitrogens with one attached hydrogen (secondary N) is 1. The van der Waals surface area contributed by atoms with Crippen LogP contribution in [-0.4, -0.2) is 69.1 Å². The SMILES string of the molecule is CCNC(=NCCCOc1ccc(C)cc1)N1CCOC(C2CCCO2)C1.I. The number of aliphatic imine (C=N–C) groups is 1. The molecule has 158 valence electrons. The molecule has 2 aliphatic rings. The summed E-state index contributed by atoms with van der Waals surface area (Å²) in [4.78, 5) is 7.10. The van der Waals surface area contributed by atoms with E-state index in [1.165, 1.54) is 5.56 Å². The van der Waals surface area contributed by atoms with Crippen molar-refractivity contribution in [2.75, 3.05) is 46.0 Å². The first-order chi connectivity index (χ1) is 13.3. The average Bonchev–Trinajstić information content (AvgIpc) is 3.23. The summed E-state index contributed by atoms with van der Waals surface area (Å²) in [5.74, 6) is 1.89. The molecule has 2 aliphatic heterocycles. The number of morpholine rings is 1. The van der Waals surface area contributed by atoms with Gasteiger partial charge in [0, 0.05) is 39.2 Å². The van der Waals surface area contributed by atoms with Gasteiger partial charge in [-0.3, -0.25) is 4.99 Å². The van der Waals surface area contributed by atoms with Gasteiger partial charge in [-0.05, 0) is 38.8 Å². The van der Waals surface area contributed by atoms with Crippen molar-refractivity contribution in [3.63, 3.8) is 0 Å². The van der Waals surface area contributed by atoms with Crippen LogP contribution < -0.4 is 10.1 Å². The molecule has 3 rings (SSSR count). The molecule has 0 bridgehead atoms. The molecule has 2 unspecified atom stereocenters. The minimum Gasteiger partial charge on any atom is -0.494 e. The molecule has 6 nitrogen and oxygen atoms in total. The number of benzene rings is 1. The molecule has 1 aromatic carbocycles. The number of hydrogen-bond acceptors (Lipinski definition) is 4. The molecule has 2 saturated heterocycles. The quantitative estimate of drug-likeness (QED) is 0.268. The monoisotopic (exact) mass is 503 g/mol. The number of rotatable bonds is 7. The molecule has 0 radical (unpaired) electrons. The lowest BCUT2D eigenvalue weighted by molar-refractivity contribution is -0.0817. The Labute approximate surface area is 186 Å². The summed E-state index contributed by atoms with van der Waals surface area (Å²) < 4.78 is 17.6. The van der Waals surface area contributed by atoms with Crippen molar-refractivity contribution in [1.82, 2.24) is 10.2 Å². The van der Waals surface area contributed by atoms with Crippen LogP contribution in [0.3, 0.4) is 0 Å². The van der Waals surface area contributed by atoms with Crippen LogP contribution in [-0.2, 0) is 9.47 Å². The standard InChI is InChI=1S/C21H33N3O3.HI/c1-3-22-21(23-11-5-14-25-18-9-7-17(2)8-10-18)24-12-15-27-20(16-24)19-6-4-13-26-19;/h7-10,19-20H,3-6,11-16H2,1-2H3,(H,22,23);1H. The largest absolute Gasteiger partial charge is 0.494 e. The lowest BCUT2D eigenvalue weighted by atomic mass is 10.1. The molecule has 2 atom stereocenters. The van der Waals surface area contributed by atoms with Crippen molar-refractivity contribution < 1.29 is 14.2 Å². The van der Waals surface area contributed by atoms with Crippen molar-refractivity contribution in [3.8, 4) is 5.75 Å². The Bertz CT molecular complexity index is 591. The minimum absolute atomic E-state index is 0. The van der Waals surface area contributed by atoms with Crippen LogP contribution in [0.5, 0.6) is 5.75 Å². The second kappa shape index (κ2) is 12.5. The topological polar surface area (TPSA) is 55.3 Å². The van der Waals surface area contributed by atoms with Gasteiger partial charge in [-0.15, -0.1) is 24.0 Å². The molecule has 1 aromatic rings. The van der Waals surface area contributed by atoms with E-state index in [0.717, 1.165) is 70.4 Å². The van der Waals surface area contributed by atoms with Crippen LogP contribution in [0.2, 0.25) is 0 Å². The van der Waals surface area contributed by atoms with Crippen LogP contribution >= 0.6 is 24.0 Å². The Morgan fingerprint density at radius 3 is 2.71 bits per heavy atom. The highest BCUT2D eigenvalue weighted by atomic mass is 127. The van der Waals surface area contributed by atoms with Crippen molar-refractivity contribution in [3.05, 3.63) is 29.8 Å². The maximum absolute atomic E-state index is 5.95.